The number of pyridine rings is 1. The molecule has 1 aromatic heterocycles. The van der Waals surface area contributed by atoms with Crippen LogP contribution < -0.4 is 10.6 Å². The third-order valence-electron chi connectivity index (χ3n) is 3.92. The second kappa shape index (κ2) is 7.20. The molecule has 0 radical (unpaired) electrons. The number of hydrogen-bond acceptors (Lipinski definition) is 3. The first kappa shape index (κ1) is 15.5. The number of nitrogens with zero attached hydrogens (tertiary/aromatic N) is 1. The second-order valence-electron chi connectivity index (χ2n) is 5.64. The van der Waals surface area contributed by atoms with Gasteiger partial charge in [0.15, 0.2) is 0 Å². The minimum Gasteiger partial charge on any atom is -0.356 e. The van der Waals surface area contributed by atoms with E-state index in [1.165, 1.54) is 5.56 Å². The molecule has 0 bridgehead atoms. The molecule has 2 N–H and O–H groups in total. The van der Waals surface area contributed by atoms with Crippen LogP contribution in [0, 0.1) is 0 Å². The minimum atomic E-state index is -0.0537. The fourth-order valence-corrected chi connectivity index (χ4v) is 2.36. The van der Waals surface area contributed by atoms with Crippen molar-refractivity contribution in [3.05, 3.63) is 30.1 Å². The van der Waals surface area contributed by atoms with Gasteiger partial charge in [-0.25, -0.2) is 0 Å². The van der Waals surface area contributed by atoms with Crippen LogP contribution in [0.25, 0.3) is 0 Å². The smallest absolute Gasteiger partial charge is 0.220 e. The first-order valence-electron chi connectivity index (χ1n) is 7.60. The van der Waals surface area contributed by atoms with Crippen molar-refractivity contribution in [2.45, 2.75) is 44.4 Å². The molecule has 0 atom stereocenters. The van der Waals surface area contributed by atoms with Crippen LogP contribution in [0.4, 0.5) is 0 Å². The normalized spacial score (nSPS) is 15.3. The lowest BCUT2D eigenvalue weighted by Crippen LogP contribution is -2.33. The first-order valence-corrected chi connectivity index (χ1v) is 7.60. The molecule has 1 aromatic rings. The predicted molar refractivity (Wildman–Crippen MR) is 80.7 cm³/mol. The van der Waals surface area contributed by atoms with E-state index in [2.05, 4.69) is 15.6 Å². The molecule has 0 spiro atoms. The fourth-order valence-electron chi connectivity index (χ4n) is 2.36. The predicted octanol–water partition coefficient (Wildman–Crippen LogP) is 1.54. The molecule has 1 aliphatic rings. The molecule has 0 saturated heterocycles. The van der Waals surface area contributed by atoms with Gasteiger partial charge in [0.1, 0.15) is 0 Å². The Kier molecular flexibility index (Phi) is 5.31. The van der Waals surface area contributed by atoms with E-state index in [-0.39, 0.29) is 30.1 Å². The molecule has 21 heavy (non-hydrogen) atoms. The molecule has 2 rings (SSSR count). The van der Waals surface area contributed by atoms with Crippen LogP contribution in [-0.2, 0) is 15.0 Å². The third-order valence-corrected chi connectivity index (χ3v) is 3.92. The highest BCUT2D eigenvalue weighted by Gasteiger charge is 2.44. The fraction of sp³-hybridized carbons (Fsp3) is 0.562. The summed E-state index contributed by atoms with van der Waals surface area (Å²) in [5.74, 6) is -0.107. The molecule has 5 heteroatoms. The molecule has 0 aliphatic heterocycles. The van der Waals surface area contributed by atoms with Gasteiger partial charge in [-0.1, -0.05) is 6.92 Å². The number of carbonyl (C=O) groups is 2. The van der Waals surface area contributed by atoms with Crippen LogP contribution in [-0.4, -0.2) is 29.9 Å². The lowest BCUT2D eigenvalue weighted by Gasteiger charge is -2.16. The van der Waals surface area contributed by atoms with Crippen molar-refractivity contribution in [3.8, 4) is 0 Å². The Labute approximate surface area is 125 Å². The van der Waals surface area contributed by atoms with Gasteiger partial charge in [0, 0.05) is 43.7 Å². The van der Waals surface area contributed by atoms with E-state index in [0.717, 1.165) is 19.3 Å². The van der Waals surface area contributed by atoms with Crippen molar-refractivity contribution < 1.29 is 9.59 Å². The molecule has 2 amide bonds. The Hall–Kier alpha value is -1.91. The second-order valence-corrected chi connectivity index (χ2v) is 5.64. The molecular weight excluding hydrogens is 266 g/mol. The molecule has 1 saturated carbocycles. The Morgan fingerprint density at radius 1 is 1.14 bits per heavy atom. The van der Waals surface area contributed by atoms with Crippen molar-refractivity contribution >= 4 is 11.8 Å². The Balaban J connectivity index is 1.71. The highest BCUT2D eigenvalue weighted by Crippen LogP contribution is 2.47. The molecule has 5 nitrogen and oxygen atoms in total. The SMILES string of the molecule is CCCNC(=O)CCC(=O)NCC1(c2ccncc2)CC1. The maximum absolute atomic E-state index is 11.8. The number of nitrogens with one attached hydrogen (secondary N) is 2. The highest BCUT2D eigenvalue weighted by atomic mass is 16.2. The Morgan fingerprint density at radius 2 is 1.76 bits per heavy atom. The van der Waals surface area contributed by atoms with E-state index in [0.29, 0.717) is 13.1 Å². The van der Waals surface area contributed by atoms with E-state index in [1.807, 2.05) is 19.1 Å². The van der Waals surface area contributed by atoms with Gasteiger partial charge in [-0.05, 0) is 37.0 Å². The number of hydrogen-bond donors (Lipinski definition) is 2. The lowest BCUT2D eigenvalue weighted by molar-refractivity contribution is -0.126. The summed E-state index contributed by atoms with van der Waals surface area (Å²) in [6.07, 6.45) is 7.18. The molecule has 0 unspecified atom stereocenters. The zero-order valence-electron chi connectivity index (χ0n) is 12.5. The van der Waals surface area contributed by atoms with Gasteiger partial charge in [0.25, 0.3) is 0 Å². The van der Waals surface area contributed by atoms with Gasteiger partial charge in [0.05, 0.1) is 0 Å². The van der Waals surface area contributed by atoms with Crippen LogP contribution in [0.2, 0.25) is 0 Å². The standard InChI is InChI=1S/C16H23N3O2/c1-2-9-18-14(20)3-4-15(21)19-12-16(7-8-16)13-5-10-17-11-6-13/h5-6,10-11H,2-4,7-9,12H2,1H3,(H,18,20)(H,19,21). The molecular formula is C16H23N3O2. The van der Waals surface area contributed by atoms with Gasteiger partial charge in [-0.2, -0.15) is 0 Å². The molecule has 1 heterocycles. The van der Waals surface area contributed by atoms with Gasteiger partial charge in [-0.15, -0.1) is 0 Å². The van der Waals surface area contributed by atoms with E-state index < -0.39 is 0 Å². The van der Waals surface area contributed by atoms with Crippen molar-refractivity contribution in [2.75, 3.05) is 13.1 Å². The monoisotopic (exact) mass is 289 g/mol. The summed E-state index contributed by atoms with van der Waals surface area (Å²) in [7, 11) is 0. The minimum absolute atomic E-state index is 0.0535. The van der Waals surface area contributed by atoms with E-state index >= 15 is 0 Å². The maximum atomic E-state index is 11.8. The first-order chi connectivity index (χ1) is 10.2. The summed E-state index contributed by atoms with van der Waals surface area (Å²) >= 11 is 0. The highest BCUT2D eigenvalue weighted by molar-refractivity contribution is 5.83. The summed E-state index contributed by atoms with van der Waals surface area (Å²) in [6.45, 7) is 3.32. The summed E-state index contributed by atoms with van der Waals surface area (Å²) in [4.78, 5) is 27.3. The van der Waals surface area contributed by atoms with Crippen LogP contribution >= 0.6 is 0 Å². The van der Waals surface area contributed by atoms with Crippen molar-refractivity contribution in [1.82, 2.24) is 15.6 Å². The number of amides is 2. The van der Waals surface area contributed by atoms with Crippen molar-refractivity contribution in [2.24, 2.45) is 0 Å². The van der Waals surface area contributed by atoms with Gasteiger partial charge in [-0.3, -0.25) is 14.6 Å². The lowest BCUT2D eigenvalue weighted by atomic mass is 9.97. The van der Waals surface area contributed by atoms with Gasteiger partial charge in [0.2, 0.25) is 11.8 Å². The number of aromatic nitrogens is 1. The van der Waals surface area contributed by atoms with E-state index in [4.69, 9.17) is 0 Å². The summed E-state index contributed by atoms with van der Waals surface area (Å²) in [6, 6.07) is 4.02. The molecule has 1 aliphatic carbocycles. The van der Waals surface area contributed by atoms with Crippen molar-refractivity contribution in [1.29, 1.82) is 0 Å². The molecule has 0 aromatic carbocycles. The average molecular weight is 289 g/mol. The van der Waals surface area contributed by atoms with Gasteiger partial charge >= 0.3 is 0 Å². The largest absolute Gasteiger partial charge is 0.356 e. The van der Waals surface area contributed by atoms with E-state index in [1.54, 1.807) is 12.4 Å². The zero-order chi connectivity index (χ0) is 15.1. The summed E-state index contributed by atoms with van der Waals surface area (Å²) in [5, 5.41) is 5.73. The Bertz CT molecular complexity index is 484. The van der Waals surface area contributed by atoms with Gasteiger partial charge < -0.3 is 10.6 Å². The van der Waals surface area contributed by atoms with Crippen LogP contribution in [0.1, 0.15) is 44.6 Å². The number of carbonyl (C=O) groups excluding carboxylic acids is 2. The van der Waals surface area contributed by atoms with Crippen LogP contribution in [0.15, 0.2) is 24.5 Å². The summed E-state index contributed by atoms with van der Waals surface area (Å²) < 4.78 is 0. The van der Waals surface area contributed by atoms with E-state index in [9.17, 15) is 9.59 Å². The topological polar surface area (TPSA) is 71.1 Å². The van der Waals surface area contributed by atoms with Crippen LogP contribution in [0.3, 0.4) is 0 Å². The average Bonchev–Trinajstić information content (AvgIpc) is 3.31. The maximum Gasteiger partial charge on any atom is 0.220 e. The zero-order valence-corrected chi connectivity index (χ0v) is 12.5. The van der Waals surface area contributed by atoms with Crippen LogP contribution in [0.5, 0.6) is 0 Å². The summed E-state index contributed by atoms with van der Waals surface area (Å²) in [5.41, 5.74) is 1.32. The third kappa shape index (κ3) is 4.55. The molecule has 1 fully saturated rings. The van der Waals surface area contributed by atoms with Crippen molar-refractivity contribution in [3.63, 3.8) is 0 Å². The molecule has 114 valence electrons. The number of rotatable bonds is 8. The quantitative estimate of drug-likeness (QED) is 0.762. The Morgan fingerprint density at radius 3 is 2.33 bits per heavy atom.